The monoisotopic (exact) mass is 252 g/mol. The number of anilines is 2. The van der Waals surface area contributed by atoms with E-state index in [0.29, 0.717) is 11.4 Å². The van der Waals surface area contributed by atoms with Crippen LogP contribution in [0.3, 0.4) is 0 Å². The van der Waals surface area contributed by atoms with Crippen molar-refractivity contribution >= 4 is 11.4 Å². The number of halogens is 3. The Bertz CT molecular complexity index is 536. The quantitative estimate of drug-likeness (QED) is 0.868. The molecule has 0 aliphatic heterocycles. The van der Waals surface area contributed by atoms with E-state index in [0.717, 1.165) is 6.07 Å². The Morgan fingerprint density at radius 1 is 1.11 bits per heavy atom. The maximum Gasteiger partial charge on any atom is 0.416 e. The Hall–Kier alpha value is -2.04. The molecule has 0 saturated carbocycles. The van der Waals surface area contributed by atoms with E-state index < -0.39 is 11.7 Å². The van der Waals surface area contributed by atoms with Gasteiger partial charge in [-0.05, 0) is 36.8 Å². The molecule has 0 bridgehead atoms. The lowest BCUT2D eigenvalue weighted by Gasteiger charge is -2.13. The van der Waals surface area contributed by atoms with Crippen LogP contribution in [0.2, 0.25) is 0 Å². The van der Waals surface area contributed by atoms with Gasteiger partial charge in [0.2, 0.25) is 0 Å². The van der Waals surface area contributed by atoms with Crippen molar-refractivity contribution in [1.82, 2.24) is 4.98 Å². The summed E-state index contributed by atoms with van der Waals surface area (Å²) >= 11 is 0. The van der Waals surface area contributed by atoms with E-state index in [1.165, 1.54) is 13.0 Å². The van der Waals surface area contributed by atoms with E-state index in [1.54, 1.807) is 30.6 Å². The molecule has 0 radical (unpaired) electrons. The maximum absolute atomic E-state index is 12.7. The van der Waals surface area contributed by atoms with Gasteiger partial charge in [0.1, 0.15) is 0 Å². The number of benzene rings is 1. The number of rotatable bonds is 2. The second-order valence-electron chi connectivity index (χ2n) is 3.89. The Morgan fingerprint density at radius 2 is 1.89 bits per heavy atom. The minimum absolute atomic E-state index is 0.208. The fourth-order valence-electron chi connectivity index (χ4n) is 1.61. The fraction of sp³-hybridized carbons (Fsp3) is 0.154. The Morgan fingerprint density at radius 3 is 2.50 bits per heavy atom. The highest BCUT2D eigenvalue weighted by molar-refractivity contribution is 5.60. The third kappa shape index (κ3) is 2.80. The number of alkyl halides is 3. The molecule has 0 fully saturated rings. The van der Waals surface area contributed by atoms with Gasteiger partial charge in [0.05, 0.1) is 17.4 Å². The molecule has 94 valence electrons. The van der Waals surface area contributed by atoms with Crippen molar-refractivity contribution in [3.05, 3.63) is 53.9 Å². The first kappa shape index (κ1) is 12.4. The van der Waals surface area contributed by atoms with Crippen LogP contribution in [0.25, 0.3) is 0 Å². The van der Waals surface area contributed by atoms with Crippen LogP contribution >= 0.6 is 0 Å². The third-order valence-corrected chi connectivity index (χ3v) is 2.49. The summed E-state index contributed by atoms with van der Waals surface area (Å²) in [6, 6.07) is 7.60. The van der Waals surface area contributed by atoms with Gasteiger partial charge in [-0.25, -0.2) is 0 Å². The molecule has 0 spiro atoms. The molecular weight excluding hydrogens is 241 g/mol. The summed E-state index contributed by atoms with van der Waals surface area (Å²) < 4.78 is 38.2. The minimum atomic E-state index is -4.34. The fourth-order valence-corrected chi connectivity index (χ4v) is 1.61. The molecule has 0 unspecified atom stereocenters. The number of aromatic nitrogens is 1. The zero-order valence-electron chi connectivity index (χ0n) is 9.62. The number of aryl methyl sites for hydroxylation is 1. The van der Waals surface area contributed by atoms with Gasteiger partial charge in [-0.15, -0.1) is 0 Å². The molecule has 0 saturated heterocycles. The molecule has 1 aromatic carbocycles. The van der Waals surface area contributed by atoms with Gasteiger partial charge in [0, 0.05) is 11.9 Å². The lowest BCUT2D eigenvalue weighted by atomic mass is 10.1. The molecule has 5 heteroatoms. The number of pyridine rings is 1. The molecule has 0 amide bonds. The van der Waals surface area contributed by atoms with Crippen molar-refractivity contribution in [2.75, 3.05) is 5.32 Å². The van der Waals surface area contributed by atoms with Gasteiger partial charge in [-0.1, -0.05) is 6.07 Å². The summed E-state index contributed by atoms with van der Waals surface area (Å²) in [5, 5.41) is 2.88. The summed E-state index contributed by atoms with van der Waals surface area (Å²) in [5.74, 6) is 0. The van der Waals surface area contributed by atoms with Crippen LogP contribution in [0.15, 0.2) is 42.7 Å². The van der Waals surface area contributed by atoms with Crippen LogP contribution in [-0.2, 0) is 6.18 Å². The second kappa shape index (κ2) is 4.68. The smallest absolute Gasteiger partial charge is 0.354 e. The van der Waals surface area contributed by atoms with E-state index in [4.69, 9.17) is 0 Å². The first-order valence-corrected chi connectivity index (χ1v) is 5.32. The first-order valence-electron chi connectivity index (χ1n) is 5.32. The van der Waals surface area contributed by atoms with Crippen molar-refractivity contribution in [3.63, 3.8) is 0 Å². The molecule has 2 nitrogen and oxygen atoms in total. The normalized spacial score (nSPS) is 11.3. The van der Waals surface area contributed by atoms with Crippen LogP contribution in [0.5, 0.6) is 0 Å². The maximum atomic E-state index is 12.7. The topological polar surface area (TPSA) is 24.9 Å². The summed E-state index contributed by atoms with van der Waals surface area (Å²) in [6.07, 6.45) is -1.19. The van der Waals surface area contributed by atoms with Crippen molar-refractivity contribution in [1.29, 1.82) is 0 Å². The van der Waals surface area contributed by atoms with Gasteiger partial charge in [0.15, 0.2) is 0 Å². The average molecular weight is 252 g/mol. The first-order chi connectivity index (χ1) is 8.47. The molecule has 0 aliphatic carbocycles. The summed E-state index contributed by atoms with van der Waals surface area (Å²) in [6.45, 7) is 1.44. The number of nitrogens with one attached hydrogen (secondary N) is 1. The van der Waals surface area contributed by atoms with Crippen LogP contribution in [0.1, 0.15) is 11.1 Å². The summed E-state index contributed by atoms with van der Waals surface area (Å²) in [4.78, 5) is 3.88. The van der Waals surface area contributed by atoms with Crippen molar-refractivity contribution < 1.29 is 13.2 Å². The number of hydrogen-bond donors (Lipinski definition) is 1. The number of nitrogens with zero attached hydrogens (tertiary/aromatic N) is 1. The highest BCUT2D eigenvalue weighted by atomic mass is 19.4. The van der Waals surface area contributed by atoms with Crippen molar-refractivity contribution in [2.45, 2.75) is 13.1 Å². The molecule has 1 N–H and O–H groups in total. The Labute approximate surface area is 102 Å². The molecule has 1 aromatic heterocycles. The van der Waals surface area contributed by atoms with Crippen LogP contribution in [0, 0.1) is 6.92 Å². The average Bonchev–Trinajstić information content (AvgIpc) is 2.31. The van der Waals surface area contributed by atoms with Crippen molar-refractivity contribution in [2.24, 2.45) is 0 Å². The van der Waals surface area contributed by atoms with E-state index in [9.17, 15) is 13.2 Å². The Kier molecular flexibility index (Phi) is 3.23. The standard InChI is InChI=1S/C13H11F3N2/c1-9-4-5-10(7-12(9)13(14,15)16)18-11-3-2-6-17-8-11/h2-8,18H,1H3. The number of hydrogen-bond acceptors (Lipinski definition) is 2. The predicted octanol–water partition coefficient (Wildman–Crippen LogP) is 4.15. The van der Waals surface area contributed by atoms with Gasteiger partial charge < -0.3 is 5.32 Å². The molecule has 2 rings (SSSR count). The Balaban J connectivity index is 2.31. The lowest BCUT2D eigenvalue weighted by molar-refractivity contribution is -0.138. The van der Waals surface area contributed by atoms with Gasteiger partial charge in [0.25, 0.3) is 0 Å². The molecule has 0 aliphatic rings. The second-order valence-corrected chi connectivity index (χ2v) is 3.89. The molecular formula is C13H11F3N2. The largest absolute Gasteiger partial charge is 0.416 e. The highest BCUT2D eigenvalue weighted by Gasteiger charge is 2.32. The zero-order valence-corrected chi connectivity index (χ0v) is 9.62. The highest BCUT2D eigenvalue weighted by Crippen LogP contribution is 2.33. The van der Waals surface area contributed by atoms with Crippen LogP contribution < -0.4 is 5.32 Å². The predicted molar refractivity (Wildman–Crippen MR) is 63.7 cm³/mol. The summed E-state index contributed by atoms with van der Waals surface area (Å²) in [5.41, 5.74) is 0.617. The van der Waals surface area contributed by atoms with E-state index in [1.807, 2.05) is 0 Å². The third-order valence-electron chi connectivity index (χ3n) is 2.49. The van der Waals surface area contributed by atoms with E-state index in [-0.39, 0.29) is 5.56 Å². The van der Waals surface area contributed by atoms with Gasteiger partial charge >= 0.3 is 6.18 Å². The molecule has 18 heavy (non-hydrogen) atoms. The van der Waals surface area contributed by atoms with Crippen LogP contribution in [0.4, 0.5) is 24.5 Å². The van der Waals surface area contributed by atoms with Gasteiger partial charge in [-0.3, -0.25) is 4.98 Å². The molecule has 1 heterocycles. The minimum Gasteiger partial charge on any atom is -0.354 e. The molecule has 2 aromatic rings. The van der Waals surface area contributed by atoms with E-state index in [2.05, 4.69) is 10.3 Å². The van der Waals surface area contributed by atoms with E-state index >= 15 is 0 Å². The molecule has 0 atom stereocenters. The van der Waals surface area contributed by atoms with Gasteiger partial charge in [-0.2, -0.15) is 13.2 Å². The van der Waals surface area contributed by atoms with Crippen molar-refractivity contribution in [3.8, 4) is 0 Å². The van der Waals surface area contributed by atoms with Crippen LogP contribution in [-0.4, -0.2) is 4.98 Å². The SMILES string of the molecule is Cc1ccc(Nc2cccnc2)cc1C(F)(F)F. The zero-order chi connectivity index (χ0) is 13.2. The summed E-state index contributed by atoms with van der Waals surface area (Å²) in [7, 11) is 0. The lowest BCUT2D eigenvalue weighted by Crippen LogP contribution is -2.08.